The van der Waals surface area contributed by atoms with Crippen molar-refractivity contribution in [3.8, 4) is 17.9 Å². The smallest absolute Gasteiger partial charge is 0.0824 e. The molecule has 0 aromatic heterocycles. The first kappa shape index (κ1) is 10.7. The lowest BCUT2D eigenvalue weighted by molar-refractivity contribution is 0.908. The molecule has 0 aliphatic heterocycles. The van der Waals surface area contributed by atoms with Gasteiger partial charge in [0.1, 0.15) is 0 Å². The highest BCUT2D eigenvalue weighted by Gasteiger charge is 2.44. The Bertz CT molecular complexity index is 481. The molecule has 0 spiro atoms. The summed E-state index contributed by atoms with van der Waals surface area (Å²) in [5, 5.41) is 9.11. The molecule has 16 heavy (non-hydrogen) atoms. The van der Waals surface area contributed by atoms with Gasteiger partial charge < -0.3 is 5.73 Å². The first-order valence-electron chi connectivity index (χ1n) is 5.51. The van der Waals surface area contributed by atoms with Crippen molar-refractivity contribution in [2.45, 2.75) is 24.7 Å². The van der Waals surface area contributed by atoms with Crippen LogP contribution in [-0.4, -0.2) is 6.54 Å². The van der Waals surface area contributed by atoms with Crippen LogP contribution in [0.1, 0.15) is 30.4 Å². The van der Waals surface area contributed by atoms with Gasteiger partial charge >= 0.3 is 0 Å². The van der Waals surface area contributed by atoms with E-state index < -0.39 is 0 Å². The van der Waals surface area contributed by atoms with Crippen molar-refractivity contribution in [2.75, 3.05) is 6.54 Å². The first-order valence-corrected chi connectivity index (χ1v) is 5.51. The van der Waals surface area contributed by atoms with E-state index in [4.69, 9.17) is 11.0 Å². The lowest BCUT2D eigenvalue weighted by atomic mass is 9.96. The fraction of sp³-hybridized carbons (Fsp3) is 0.357. The molecule has 1 saturated carbocycles. The van der Waals surface area contributed by atoms with E-state index in [0.29, 0.717) is 13.0 Å². The number of benzene rings is 1. The van der Waals surface area contributed by atoms with Crippen LogP contribution in [0.3, 0.4) is 0 Å². The summed E-state index contributed by atoms with van der Waals surface area (Å²) in [6, 6.07) is 10.4. The molecule has 2 N–H and O–H groups in total. The fourth-order valence-electron chi connectivity index (χ4n) is 1.72. The summed E-state index contributed by atoms with van der Waals surface area (Å²) in [5.41, 5.74) is 7.25. The number of nitrogens with zero attached hydrogens (tertiary/aromatic N) is 1. The third kappa shape index (κ3) is 2.08. The van der Waals surface area contributed by atoms with Gasteiger partial charge in [-0.2, -0.15) is 5.26 Å². The largest absolute Gasteiger partial charge is 0.330 e. The molecular formula is C14H14N2. The zero-order valence-corrected chi connectivity index (χ0v) is 9.16. The van der Waals surface area contributed by atoms with Crippen LogP contribution in [0, 0.1) is 23.2 Å². The van der Waals surface area contributed by atoms with E-state index in [2.05, 4.69) is 17.9 Å². The normalized spacial score (nSPS) is 15.8. The van der Waals surface area contributed by atoms with E-state index >= 15 is 0 Å². The highest BCUT2D eigenvalue weighted by atomic mass is 14.5. The molecule has 80 valence electrons. The fourth-order valence-corrected chi connectivity index (χ4v) is 1.72. The number of nitriles is 1. The van der Waals surface area contributed by atoms with Gasteiger partial charge in [0, 0.05) is 18.5 Å². The maximum Gasteiger partial charge on any atom is 0.0824 e. The lowest BCUT2D eigenvalue weighted by Crippen LogP contribution is -2.02. The molecule has 2 rings (SSSR count). The molecular weight excluding hydrogens is 196 g/mol. The zero-order chi connectivity index (χ0) is 11.4. The minimum absolute atomic E-state index is 0.217. The molecule has 1 aliphatic rings. The van der Waals surface area contributed by atoms with Gasteiger partial charge in [0.15, 0.2) is 0 Å². The molecule has 1 fully saturated rings. The van der Waals surface area contributed by atoms with Crippen molar-refractivity contribution in [1.29, 1.82) is 5.26 Å². The number of hydrogen-bond acceptors (Lipinski definition) is 2. The van der Waals surface area contributed by atoms with Gasteiger partial charge in [-0.05, 0) is 30.5 Å². The molecule has 0 bridgehead atoms. The monoisotopic (exact) mass is 210 g/mol. The van der Waals surface area contributed by atoms with E-state index in [1.165, 1.54) is 0 Å². The van der Waals surface area contributed by atoms with Crippen molar-refractivity contribution in [3.05, 3.63) is 35.4 Å². The summed E-state index contributed by atoms with van der Waals surface area (Å²) < 4.78 is 0. The van der Waals surface area contributed by atoms with Crippen molar-refractivity contribution < 1.29 is 0 Å². The molecule has 0 radical (unpaired) electrons. The quantitative estimate of drug-likeness (QED) is 0.758. The third-order valence-electron chi connectivity index (χ3n) is 2.88. The van der Waals surface area contributed by atoms with Gasteiger partial charge in [0.2, 0.25) is 0 Å². The van der Waals surface area contributed by atoms with Crippen LogP contribution in [0.5, 0.6) is 0 Å². The molecule has 0 heterocycles. The van der Waals surface area contributed by atoms with Crippen LogP contribution in [0.25, 0.3) is 0 Å². The number of rotatable bonds is 2. The van der Waals surface area contributed by atoms with Crippen molar-refractivity contribution in [1.82, 2.24) is 0 Å². The van der Waals surface area contributed by atoms with Crippen LogP contribution in [0.2, 0.25) is 0 Å². The first-order chi connectivity index (χ1) is 7.80. The average molecular weight is 210 g/mol. The van der Waals surface area contributed by atoms with E-state index in [0.717, 1.165) is 24.0 Å². The standard InChI is InChI=1S/C14H14N2/c15-9-2-1-4-12-5-3-6-13(10-12)14(11-16)7-8-14/h3,5-6,10H,2,7-9,15H2. The molecule has 1 aromatic rings. The van der Waals surface area contributed by atoms with Crippen LogP contribution in [0.15, 0.2) is 24.3 Å². The second-order valence-corrected chi connectivity index (χ2v) is 4.12. The Kier molecular flexibility index (Phi) is 2.95. The Labute approximate surface area is 96.1 Å². The maximum atomic E-state index is 9.11. The molecule has 2 nitrogen and oxygen atoms in total. The Balaban J connectivity index is 2.22. The summed E-state index contributed by atoms with van der Waals surface area (Å²) in [6.07, 6.45) is 2.67. The molecule has 0 atom stereocenters. The van der Waals surface area contributed by atoms with E-state index in [-0.39, 0.29) is 5.41 Å². The minimum Gasteiger partial charge on any atom is -0.330 e. The van der Waals surface area contributed by atoms with Crippen molar-refractivity contribution in [2.24, 2.45) is 5.73 Å². The molecule has 0 amide bonds. The highest BCUT2D eigenvalue weighted by molar-refractivity contribution is 5.45. The Morgan fingerprint density at radius 3 is 2.81 bits per heavy atom. The van der Waals surface area contributed by atoms with Gasteiger partial charge in [-0.1, -0.05) is 24.0 Å². The molecule has 0 saturated heterocycles. The van der Waals surface area contributed by atoms with Crippen LogP contribution in [0.4, 0.5) is 0 Å². The van der Waals surface area contributed by atoms with Gasteiger partial charge in [-0.15, -0.1) is 0 Å². The second-order valence-electron chi connectivity index (χ2n) is 4.12. The number of nitrogens with two attached hydrogens (primary N) is 1. The Morgan fingerprint density at radius 2 is 2.19 bits per heavy atom. The van der Waals surface area contributed by atoms with Gasteiger partial charge in [0.25, 0.3) is 0 Å². The molecule has 0 unspecified atom stereocenters. The SMILES string of the molecule is N#CC1(c2cccc(C#CCCN)c2)CC1. The van der Waals surface area contributed by atoms with E-state index in [1.807, 2.05) is 24.3 Å². The summed E-state index contributed by atoms with van der Waals surface area (Å²) in [7, 11) is 0. The zero-order valence-electron chi connectivity index (χ0n) is 9.16. The topological polar surface area (TPSA) is 49.8 Å². The average Bonchev–Trinajstić information content (AvgIpc) is 3.11. The molecule has 2 heteroatoms. The van der Waals surface area contributed by atoms with Crippen molar-refractivity contribution >= 4 is 0 Å². The summed E-state index contributed by atoms with van der Waals surface area (Å²) in [4.78, 5) is 0. The van der Waals surface area contributed by atoms with Crippen LogP contribution < -0.4 is 5.73 Å². The third-order valence-corrected chi connectivity index (χ3v) is 2.88. The summed E-state index contributed by atoms with van der Waals surface area (Å²) in [5.74, 6) is 6.08. The molecule has 1 aromatic carbocycles. The predicted octanol–water partition coefficient (Wildman–Crippen LogP) is 1.94. The number of hydrogen-bond donors (Lipinski definition) is 1. The van der Waals surface area contributed by atoms with Crippen LogP contribution >= 0.6 is 0 Å². The van der Waals surface area contributed by atoms with E-state index in [9.17, 15) is 0 Å². The molecule has 1 aliphatic carbocycles. The van der Waals surface area contributed by atoms with Crippen molar-refractivity contribution in [3.63, 3.8) is 0 Å². The lowest BCUT2D eigenvalue weighted by Gasteiger charge is -2.05. The summed E-state index contributed by atoms with van der Waals surface area (Å²) >= 11 is 0. The van der Waals surface area contributed by atoms with E-state index in [1.54, 1.807) is 0 Å². The van der Waals surface area contributed by atoms with Crippen LogP contribution in [-0.2, 0) is 5.41 Å². The Hall–Kier alpha value is -1.77. The maximum absolute atomic E-state index is 9.11. The minimum atomic E-state index is -0.217. The van der Waals surface area contributed by atoms with Gasteiger partial charge in [0.05, 0.1) is 11.5 Å². The van der Waals surface area contributed by atoms with Gasteiger partial charge in [-0.3, -0.25) is 0 Å². The predicted molar refractivity (Wildman–Crippen MR) is 63.5 cm³/mol. The Morgan fingerprint density at radius 1 is 1.38 bits per heavy atom. The summed E-state index contributed by atoms with van der Waals surface area (Å²) in [6.45, 7) is 0.592. The second kappa shape index (κ2) is 4.39. The highest BCUT2D eigenvalue weighted by Crippen LogP contribution is 2.47. The van der Waals surface area contributed by atoms with Gasteiger partial charge in [-0.25, -0.2) is 0 Å².